The molecule has 1 heterocycles. The molecule has 0 spiro atoms. The average molecular weight is 428 g/mol. The summed E-state index contributed by atoms with van der Waals surface area (Å²) in [6.45, 7) is 2.37. The van der Waals surface area contributed by atoms with Crippen LogP contribution in [0.4, 0.5) is 4.39 Å². The second-order valence-corrected chi connectivity index (χ2v) is 8.44. The van der Waals surface area contributed by atoms with Gasteiger partial charge in [-0.3, -0.25) is 9.79 Å². The smallest absolute Gasteiger partial charge is 0.228 e. The lowest BCUT2D eigenvalue weighted by Crippen LogP contribution is -2.47. The zero-order chi connectivity index (χ0) is 21.7. The molecule has 2 aromatic carbocycles. The zero-order valence-electron chi connectivity index (χ0n) is 17.1. The molecule has 2 aromatic rings. The first kappa shape index (κ1) is 22.1. The number of hydrogen-bond acceptors (Lipinski definition) is 5. The summed E-state index contributed by atoms with van der Waals surface area (Å²) in [5.41, 5.74) is 12.8. The molecule has 30 heavy (non-hydrogen) atoms. The minimum atomic E-state index is -0.842. The van der Waals surface area contributed by atoms with Crippen molar-refractivity contribution in [1.82, 2.24) is 0 Å². The number of hydrogen-bond donors (Lipinski definition) is 2. The van der Waals surface area contributed by atoms with Gasteiger partial charge in [0.2, 0.25) is 5.91 Å². The van der Waals surface area contributed by atoms with Crippen LogP contribution in [0, 0.1) is 5.82 Å². The van der Waals surface area contributed by atoms with Gasteiger partial charge in [-0.25, -0.2) is 4.39 Å². The molecule has 1 aliphatic heterocycles. The summed E-state index contributed by atoms with van der Waals surface area (Å²) < 4.78 is 20.2. The molecule has 0 bridgehead atoms. The van der Waals surface area contributed by atoms with E-state index in [1.807, 2.05) is 31.2 Å². The van der Waals surface area contributed by atoms with Crippen molar-refractivity contribution in [2.75, 3.05) is 13.7 Å². The first-order valence-electron chi connectivity index (χ1n) is 9.74. The van der Waals surface area contributed by atoms with Gasteiger partial charge in [0.15, 0.2) is 0 Å². The normalized spacial score (nSPS) is 22.4. The molecular weight excluding hydrogens is 401 g/mol. The lowest BCUT2D eigenvalue weighted by molar-refractivity contribution is -0.129. The average Bonchev–Trinajstić information content (AvgIpc) is 2.74. The molecule has 0 unspecified atom stereocenters. The summed E-state index contributed by atoms with van der Waals surface area (Å²) in [6.07, 6.45) is 4.06. The van der Waals surface area contributed by atoms with Gasteiger partial charge in [-0.15, -0.1) is 0 Å². The van der Waals surface area contributed by atoms with E-state index in [1.54, 1.807) is 25.3 Å². The maximum Gasteiger partial charge on any atom is 0.228 e. The molecule has 0 aromatic heterocycles. The standard InChI is InChI=1S/C23H26FN3O2S/c1-15-14-23(22(26)28,10-12-29-15)17-5-8-19(24)21(13-17)30-18-6-3-16(4-7-18)20(27-2)9-11-25/h3-9,11,13,15H,10,12,14,25H2,1-2H3,(H2,26,28)/t15-,23+/m0/s1. The zero-order valence-corrected chi connectivity index (χ0v) is 17.9. The highest BCUT2D eigenvalue weighted by atomic mass is 32.2. The van der Waals surface area contributed by atoms with Crippen molar-refractivity contribution >= 4 is 23.4 Å². The van der Waals surface area contributed by atoms with Crippen LogP contribution in [0.3, 0.4) is 0 Å². The topological polar surface area (TPSA) is 90.7 Å². The van der Waals surface area contributed by atoms with Crippen LogP contribution in [-0.4, -0.2) is 31.4 Å². The predicted molar refractivity (Wildman–Crippen MR) is 118 cm³/mol. The molecule has 5 nitrogen and oxygen atoms in total. The molecular formula is C23H26FN3O2S. The van der Waals surface area contributed by atoms with Gasteiger partial charge >= 0.3 is 0 Å². The van der Waals surface area contributed by atoms with Crippen LogP contribution in [0.25, 0.3) is 0 Å². The second-order valence-electron chi connectivity index (χ2n) is 7.32. The van der Waals surface area contributed by atoms with Crippen LogP contribution in [0.1, 0.15) is 30.9 Å². The molecule has 1 saturated heterocycles. The molecule has 3 rings (SSSR count). The van der Waals surface area contributed by atoms with Gasteiger partial charge in [0, 0.05) is 23.4 Å². The number of nitrogens with two attached hydrogens (primary N) is 2. The quantitative estimate of drug-likeness (QED) is 0.686. The molecule has 7 heteroatoms. The van der Waals surface area contributed by atoms with Gasteiger partial charge in [0.05, 0.1) is 17.2 Å². The number of rotatable bonds is 6. The van der Waals surface area contributed by atoms with Crippen LogP contribution in [-0.2, 0) is 14.9 Å². The highest BCUT2D eigenvalue weighted by molar-refractivity contribution is 7.99. The second kappa shape index (κ2) is 9.45. The molecule has 158 valence electrons. The van der Waals surface area contributed by atoms with Crippen LogP contribution in [0.5, 0.6) is 0 Å². The third-order valence-electron chi connectivity index (χ3n) is 5.40. The Morgan fingerprint density at radius 2 is 2.03 bits per heavy atom. The fourth-order valence-corrected chi connectivity index (χ4v) is 4.68. The number of aliphatic imine (C=N–C) groups is 1. The van der Waals surface area contributed by atoms with Gasteiger partial charge in [0.1, 0.15) is 5.82 Å². The number of amides is 1. The first-order chi connectivity index (χ1) is 14.4. The van der Waals surface area contributed by atoms with Crippen molar-refractivity contribution in [3.05, 3.63) is 71.7 Å². The van der Waals surface area contributed by atoms with Crippen LogP contribution >= 0.6 is 11.8 Å². The number of halogens is 1. The number of ether oxygens (including phenoxy) is 1. The van der Waals surface area contributed by atoms with E-state index in [1.165, 1.54) is 24.0 Å². The highest BCUT2D eigenvalue weighted by Crippen LogP contribution is 2.40. The minimum Gasteiger partial charge on any atom is -0.405 e. The Morgan fingerprint density at radius 3 is 2.63 bits per heavy atom. The summed E-state index contributed by atoms with van der Waals surface area (Å²) in [4.78, 5) is 17.9. The van der Waals surface area contributed by atoms with E-state index in [2.05, 4.69) is 4.99 Å². The molecule has 2 atom stereocenters. The van der Waals surface area contributed by atoms with Crippen molar-refractivity contribution in [2.24, 2.45) is 16.5 Å². The number of benzene rings is 2. The molecule has 0 radical (unpaired) electrons. The summed E-state index contributed by atoms with van der Waals surface area (Å²) in [5.74, 6) is -0.738. The predicted octanol–water partition coefficient (Wildman–Crippen LogP) is 3.79. The van der Waals surface area contributed by atoms with E-state index in [9.17, 15) is 9.18 Å². The first-order valence-corrected chi connectivity index (χ1v) is 10.6. The monoisotopic (exact) mass is 427 g/mol. The summed E-state index contributed by atoms with van der Waals surface area (Å²) >= 11 is 1.30. The maximum absolute atomic E-state index is 14.6. The Morgan fingerprint density at radius 1 is 1.30 bits per heavy atom. The van der Waals surface area contributed by atoms with Crippen molar-refractivity contribution in [3.63, 3.8) is 0 Å². The third kappa shape index (κ3) is 4.57. The number of carbonyl (C=O) groups excluding carboxylic acids is 1. The number of carbonyl (C=O) groups is 1. The van der Waals surface area contributed by atoms with E-state index in [4.69, 9.17) is 16.2 Å². The van der Waals surface area contributed by atoms with Crippen molar-refractivity contribution in [2.45, 2.75) is 41.1 Å². The van der Waals surface area contributed by atoms with Crippen molar-refractivity contribution in [3.8, 4) is 0 Å². The minimum absolute atomic E-state index is 0.0862. The number of primary amides is 1. The van der Waals surface area contributed by atoms with Gasteiger partial charge in [-0.05, 0) is 67.4 Å². The molecule has 1 fully saturated rings. The number of allylic oxidation sites excluding steroid dienone is 1. The summed E-state index contributed by atoms with van der Waals surface area (Å²) in [5, 5.41) is 0. The summed E-state index contributed by atoms with van der Waals surface area (Å²) in [6, 6.07) is 12.4. The lowest BCUT2D eigenvalue weighted by Gasteiger charge is -2.38. The fourth-order valence-electron chi connectivity index (χ4n) is 3.81. The Kier molecular flexibility index (Phi) is 6.95. The Labute approximate surface area is 180 Å². The Bertz CT molecular complexity index is 975. The Hall–Kier alpha value is -2.64. The largest absolute Gasteiger partial charge is 0.405 e. The van der Waals surface area contributed by atoms with Crippen LogP contribution < -0.4 is 11.5 Å². The molecule has 0 saturated carbocycles. The van der Waals surface area contributed by atoms with E-state index in [0.29, 0.717) is 24.3 Å². The summed E-state index contributed by atoms with van der Waals surface area (Å²) in [7, 11) is 1.70. The van der Waals surface area contributed by atoms with E-state index >= 15 is 0 Å². The van der Waals surface area contributed by atoms with Gasteiger partial charge < -0.3 is 16.2 Å². The van der Waals surface area contributed by atoms with E-state index in [0.717, 1.165) is 21.7 Å². The molecule has 1 amide bonds. The SMILES string of the molecule is CN=C(C=CN)c1ccc(Sc2cc([C@@]3(C(N)=O)CCO[C@@H](C)C3)ccc2F)cc1. The molecule has 0 aliphatic carbocycles. The highest BCUT2D eigenvalue weighted by Gasteiger charge is 2.42. The number of nitrogens with zero attached hydrogens (tertiary/aromatic N) is 1. The Balaban J connectivity index is 1.90. The van der Waals surface area contributed by atoms with Crippen LogP contribution in [0.2, 0.25) is 0 Å². The fraction of sp³-hybridized carbons (Fsp3) is 0.304. The van der Waals surface area contributed by atoms with Crippen molar-refractivity contribution in [1.29, 1.82) is 0 Å². The molecule has 1 aliphatic rings. The molecule has 4 N–H and O–H groups in total. The van der Waals surface area contributed by atoms with Gasteiger partial charge in [0.25, 0.3) is 0 Å². The van der Waals surface area contributed by atoms with Gasteiger partial charge in [-0.2, -0.15) is 0 Å². The third-order valence-corrected chi connectivity index (χ3v) is 6.44. The van der Waals surface area contributed by atoms with Crippen molar-refractivity contribution < 1.29 is 13.9 Å². The van der Waals surface area contributed by atoms with E-state index in [-0.39, 0.29) is 11.9 Å². The van der Waals surface area contributed by atoms with Crippen LogP contribution in [0.15, 0.2) is 69.5 Å². The maximum atomic E-state index is 14.6. The van der Waals surface area contributed by atoms with Gasteiger partial charge in [-0.1, -0.05) is 30.0 Å². The van der Waals surface area contributed by atoms with E-state index < -0.39 is 11.3 Å². The lowest BCUT2D eigenvalue weighted by atomic mass is 9.72.